The lowest BCUT2D eigenvalue weighted by molar-refractivity contribution is 1.14. The van der Waals surface area contributed by atoms with Crippen LogP contribution in [0.5, 0.6) is 0 Å². The molecule has 1 unspecified atom stereocenters. The van der Waals surface area contributed by atoms with E-state index < -0.39 is 0 Å². The minimum absolute atomic E-state index is 0.922. The van der Waals surface area contributed by atoms with Crippen molar-refractivity contribution in [2.45, 2.75) is 27.2 Å². The highest BCUT2D eigenvalue weighted by molar-refractivity contribution is 7.27. The second kappa shape index (κ2) is 2.88. The van der Waals surface area contributed by atoms with Crippen molar-refractivity contribution in [3.8, 4) is 0 Å². The van der Waals surface area contributed by atoms with Gasteiger partial charge in [-0.15, -0.1) is 9.24 Å². The molecule has 1 aliphatic heterocycles. The highest BCUT2D eigenvalue weighted by Gasteiger charge is 2.17. The number of nitrogens with zero attached hydrogens (tertiary/aromatic N) is 2. The van der Waals surface area contributed by atoms with Gasteiger partial charge in [0.1, 0.15) is 0 Å². The van der Waals surface area contributed by atoms with Crippen LogP contribution >= 0.6 is 9.24 Å². The molecular formula is C10H13N2P. The van der Waals surface area contributed by atoms with Crippen LogP contribution in [0.15, 0.2) is 4.99 Å². The van der Waals surface area contributed by atoms with Crippen LogP contribution in [-0.4, -0.2) is 10.7 Å². The van der Waals surface area contributed by atoms with Gasteiger partial charge in [0, 0.05) is 23.4 Å². The van der Waals surface area contributed by atoms with Gasteiger partial charge in [0.25, 0.3) is 0 Å². The molecular weight excluding hydrogens is 179 g/mol. The van der Waals surface area contributed by atoms with Gasteiger partial charge in [-0.05, 0) is 31.6 Å². The Morgan fingerprint density at radius 3 is 2.62 bits per heavy atom. The standard InChI is InChI=1S/C10H13N2P/c1-5-4-8-9(13)6(2)7(3)12-10(8)11-5/h4,13H2,1-3H3. The van der Waals surface area contributed by atoms with Crippen molar-refractivity contribution in [3.05, 3.63) is 16.8 Å². The second-order valence-corrected chi connectivity index (χ2v) is 4.14. The van der Waals surface area contributed by atoms with Gasteiger partial charge < -0.3 is 0 Å². The van der Waals surface area contributed by atoms with Crippen LogP contribution in [0.4, 0.5) is 5.82 Å². The van der Waals surface area contributed by atoms with Gasteiger partial charge in [0.15, 0.2) is 5.82 Å². The van der Waals surface area contributed by atoms with Crippen molar-refractivity contribution in [1.29, 1.82) is 0 Å². The highest BCUT2D eigenvalue weighted by atomic mass is 31.0. The molecule has 0 spiro atoms. The molecule has 1 aliphatic rings. The van der Waals surface area contributed by atoms with E-state index in [4.69, 9.17) is 0 Å². The first-order chi connectivity index (χ1) is 6.09. The van der Waals surface area contributed by atoms with E-state index in [0.29, 0.717) is 0 Å². The third kappa shape index (κ3) is 1.30. The van der Waals surface area contributed by atoms with Gasteiger partial charge in [-0.25, -0.2) is 9.98 Å². The highest BCUT2D eigenvalue weighted by Crippen LogP contribution is 2.26. The lowest BCUT2D eigenvalue weighted by Crippen LogP contribution is -2.09. The fourth-order valence-corrected chi connectivity index (χ4v) is 2.03. The van der Waals surface area contributed by atoms with Crippen LogP contribution in [-0.2, 0) is 6.42 Å². The summed E-state index contributed by atoms with van der Waals surface area (Å²) in [4.78, 5) is 8.87. The predicted octanol–water partition coefficient (Wildman–Crippen LogP) is 1.85. The minimum Gasteiger partial charge on any atom is -0.238 e. The smallest absolute Gasteiger partial charge is 0.156 e. The quantitative estimate of drug-likeness (QED) is 0.576. The molecule has 0 saturated carbocycles. The third-order valence-corrected chi connectivity index (χ3v) is 3.33. The number of hydrogen-bond acceptors (Lipinski definition) is 2. The minimum atomic E-state index is 0.922. The maximum absolute atomic E-state index is 4.46. The van der Waals surface area contributed by atoms with Crippen molar-refractivity contribution >= 4 is 26.1 Å². The van der Waals surface area contributed by atoms with Gasteiger partial charge in [-0.2, -0.15) is 0 Å². The molecule has 3 heteroatoms. The summed E-state index contributed by atoms with van der Waals surface area (Å²) in [6.07, 6.45) is 0.961. The monoisotopic (exact) mass is 192 g/mol. The largest absolute Gasteiger partial charge is 0.238 e. The Bertz CT molecular complexity index is 408. The number of rotatable bonds is 0. The lowest BCUT2D eigenvalue weighted by Gasteiger charge is -2.08. The number of hydrogen-bond donors (Lipinski definition) is 0. The Labute approximate surface area is 80.7 Å². The van der Waals surface area contributed by atoms with Crippen LogP contribution in [0.1, 0.15) is 23.7 Å². The summed E-state index contributed by atoms with van der Waals surface area (Å²) >= 11 is 0. The fraction of sp³-hybridized carbons (Fsp3) is 0.400. The predicted molar refractivity (Wildman–Crippen MR) is 59.5 cm³/mol. The molecule has 1 aromatic rings. The zero-order chi connectivity index (χ0) is 9.59. The Morgan fingerprint density at radius 2 is 1.92 bits per heavy atom. The van der Waals surface area contributed by atoms with E-state index in [1.807, 2.05) is 6.92 Å². The first-order valence-corrected chi connectivity index (χ1v) is 4.97. The van der Waals surface area contributed by atoms with Crippen LogP contribution in [0, 0.1) is 13.8 Å². The van der Waals surface area contributed by atoms with Crippen molar-refractivity contribution in [2.75, 3.05) is 0 Å². The maximum atomic E-state index is 4.46. The molecule has 0 radical (unpaired) electrons. The summed E-state index contributed by atoms with van der Waals surface area (Å²) in [5.74, 6) is 0.922. The van der Waals surface area contributed by atoms with Crippen molar-refractivity contribution in [1.82, 2.24) is 4.98 Å². The van der Waals surface area contributed by atoms with E-state index in [9.17, 15) is 0 Å². The molecule has 1 aromatic heterocycles. The van der Waals surface area contributed by atoms with E-state index in [0.717, 1.165) is 23.6 Å². The molecule has 0 fully saturated rings. The molecule has 0 amide bonds. The van der Waals surface area contributed by atoms with E-state index in [2.05, 4.69) is 33.1 Å². The Kier molecular flexibility index (Phi) is 1.96. The van der Waals surface area contributed by atoms with Crippen molar-refractivity contribution in [2.24, 2.45) is 4.99 Å². The number of pyridine rings is 1. The summed E-state index contributed by atoms with van der Waals surface area (Å²) in [6.45, 7) is 6.20. The molecule has 0 aromatic carbocycles. The zero-order valence-corrected chi connectivity index (χ0v) is 9.33. The van der Waals surface area contributed by atoms with E-state index >= 15 is 0 Å². The summed E-state index contributed by atoms with van der Waals surface area (Å²) in [5, 5.41) is 1.28. The second-order valence-electron chi connectivity index (χ2n) is 3.56. The average Bonchev–Trinajstić information content (AvgIpc) is 2.42. The van der Waals surface area contributed by atoms with Gasteiger partial charge >= 0.3 is 0 Å². The van der Waals surface area contributed by atoms with Gasteiger partial charge in [-0.3, -0.25) is 0 Å². The van der Waals surface area contributed by atoms with E-state index in [1.165, 1.54) is 16.4 Å². The molecule has 0 N–H and O–H groups in total. The molecule has 0 aliphatic carbocycles. The maximum Gasteiger partial charge on any atom is 0.156 e. The molecule has 1 atom stereocenters. The summed E-state index contributed by atoms with van der Waals surface area (Å²) in [5.41, 5.74) is 4.80. The Morgan fingerprint density at radius 1 is 1.23 bits per heavy atom. The van der Waals surface area contributed by atoms with Crippen LogP contribution in [0.25, 0.3) is 0 Å². The SMILES string of the molecule is CC1=Nc2nc(C)c(C)c(P)c2C1. The van der Waals surface area contributed by atoms with Crippen LogP contribution in [0.2, 0.25) is 0 Å². The number of aliphatic imine (C=N–C) groups is 1. The first kappa shape index (κ1) is 8.83. The van der Waals surface area contributed by atoms with Gasteiger partial charge in [0.2, 0.25) is 0 Å². The Hall–Kier alpha value is -0.750. The normalized spacial score (nSPS) is 14.3. The van der Waals surface area contributed by atoms with E-state index in [1.54, 1.807) is 0 Å². The number of aromatic nitrogens is 1. The number of aryl methyl sites for hydroxylation is 1. The topological polar surface area (TPSA) is 25.2 Å². The van der Waals surface area contributed by atoms with Gasteiger partial charge in [-0.1, -0.05) is 0 Å². The molecule has 13 heavy (non-hydrogen) atoms. The zero-order valence-electron chi connectivity index (χ0n) is 8.18. The van der Waals surface area contributed by atoms with Crippen LogP contribution in [0.3, 0.4) is 0 Å². The summed E-state index contributed by atoms with van der Waals surface area (Å²) in [7, 11) is 2.80. The third-order valence-electron chi connectivity index (χ3n) is 2.54. The first-order valence-electron chi connectivity index (χ1n) is 4.39. The molecule has 2 rings (SSSR count). The molecule has 0 saturated heterocycles. The molecule has 0 bridgehead atoms. The summed E-state index contributed by atoms with van der Waals surface area (Å²) < 4.78 is 0. The lowest BCUT2D eigenvalue weighted by atomic mass is 10.1. The van der Waals surface area contributed by atoms with E-state index in [-0.39, 0.29) is 0 Å². The van der Waals surface area contributed by atoms with Gasteiger partial charge in [0.05, 0.1) is 0 Å². The Balaban J connectivity index is 2.67. The summed E-state index contributed by atoms with van der Waals surface area (Å²) in [6, 6.07) is 0. The fourth-order valence-electron chi connectivity index (χ4n) is 1.59. The molecule has 2 nitrogen and oxygen atoms in total. The van der Waals surface area contributed by atoms with Crippen molar-refractivity contribution in [3.63, 3.8) is 0 Å². The molecule has 2 heterocycles. The average molecular weight is 192 g/mol. The van der Waals surface area contributed by atoms with Crippen molar-refractivity contribution < 1.29 is 0 Å². The van der Waals surface area contributed by atoms with Crippen LogP contribution < -0.4 is 5.30 Å². The number of fused-ring (bicyclic) bond motifs is 1. The molecule has 68 valence electrons.